The van der Waals surface area contributed by atoms with Crippen LogP contribution in [0.2, 0.25) is 0 Å². The molecule has 0 radical (unpaired) electrons. The van der Waals surface area contributed by atoms with E-state index in [1.807, 2.05) is 6.92 Å². The van der Waals surface area contributed by atoms with Gasteiger partial charge in [0.15, 0.2) is 0 Å². The smallest absolute Gasteiger partial charge is 0.252 e. The van der Waals surface area contributed by atoms with E-state index in [9.17, 15) is 4.79 Å². The van der Waals surface area contributed by atoms with Crippen LogP contribution in [0.3, 0.4) is 0 Å². The number of aromatic nitrogens is 2. The molecule has 0 aliphatic heterocycles. The van der Waals surface area contributed by atoms with Gasteiger partial charge in [-0.1, -0.05) is 6.92 Å². The molecule has 1 aliphatic carbocycles. The van der Waals surface area contributed by atoms with Crippen molar-refractivity contribution in [2.45, 2.75) is 32.2 Å². The van der Waals surface area contributed by atoms with Crippen molar-refractivity contribution in [3.8, 4) is 0 Å². The lowest BCUT2D eigenvalue weighted by Gasteiger charge is -2.22. The summed E-state index contributed by atoms with van der Waals surface area (Å²) < 4.78 is 0. The zero-order chi connectivity index (χ0) is 11.5. The molecule has 1 saturated carbocycles. The van der Waals surface area contributed by atoms with Crippen LogP contribution in [0.4, 0.5) is 5.82 Å². The minimum atomic E-state index is -0.0791. The normalized spacial score (nSPS) is 15.1. The van der Waals surface area contributed by atoms with Crippen molar-refractivity contribution in [3.63, 3.8) is 0 Å². The lowest BCUT2D eigenvalue weighted by Crippen LogP contribution is -2.33. The lowest BCUT2D eigenvalue weighted by molar-refractivity contribution is 0.758. The van der Waals surface area contributed by atoms with Gasteiger partial charge in [0.2, 0.25) is 0 Å². The first kappa shape index (κ1) is 11.1. The molecule has 0 aromatic carbocycles. The number of anilines is 1. The Bertz CT molecular complexity index is 411. The molecule has 1 aromatic rings. The summed E-state index contributed by atoms with van der Waals surface area (Å²) in [6, 6.07) is 2.09. The highest BCUT2D eigenvalue weighted by Gasteiger charge is 2.29. The SMILES string of the molecule is CCc1nc(N(CCN)C2CC2)cc(=O)[nH]1. The van der Waals surface area contributed by atoms with Crippen LogP contribution < -0.4 is 16.2 Å². The zero-order valence-electron chi connectivity index (χ0n) is 9.57. The first-order valence-electron chi connectivity index (χ1n) is 5.81. The monoisotopic (exact) mass is 222 g/mol. The van der Waals surface area contributed by atoms with Gasteiger partial charge in [-0.25, -0.2) is 4.98 Å². The summed E-state index contributed by atoms with van der Waals surface area (Å²) in [5.74, 6) is 1.51. The molecule has 3 N–H and O–H groups in total. The maximum atomic E-state index is 11.5. The van der Waals surface area contributed by atoms with E-state index in [-0.39, 0.29) is 5.56 Å². The number of aryl methyl sites for hydroxylation is 1. The van der Waals surface area contributed by atoms with Gasteiger partial charge in [-0.15, -0.1) is 0 Å². The second kappa shape index (κ2) is 4.65. The van der Waals surface area contributed by atoms with Gasteiger partial charge in [-0.3, -0.25) is 4.79 Å². The zero-order valence-corrected chi connectivity index (χ0v) is 9.57. The first-order valence-corrected chi connectivity index (χ1v) is 5.81. The van der Waals surface area contributed by atoms with Crippen LogP contribution in [0.15, 0.2) is 10.9 Å². The molecule has 0 bridgehead atoms. The predicted octanol–water partition coefficient (Wildman–Crippen LogP) is 0.260. The molecular formula is C11H18N4O. The Morgan fingerprint density at radius 1 is 1.62 bits per heavy atom. The molecule has 0 saturated heterocycles. The minimum Gasteiger partial charge on any atom is -0.352 e. The molecule has 5 heteroatoms. The Morgan fingerprint density at radius 3 is 2.94 bits per heavy atom. The third-order valence-corrected chi connectivity index (χ3v) is 2.76. The first-order chi connectivity index (χ1) is 7.74. The predicted molar refractivity (Wildman–Crippen MR) is 63.7 cm³/mol. The molecule has 1 aliphatic rings. The Labute approximate surface area is 94.7 Å². The molecule has 0 spiro atoms. The van der Waals surface area contributed by atoms with Crippen LogP contribution in [-0.4, -0.2) is 29.1 Å². The van der Waals surface area contributed by atoms with Crippen molar-refractivity contribution in [1.29, 1.82) is 0 Å². The Hall–Kier alpha value is -1.36. The third-order valence-electron chi connectivity index (χ3n) is 2.76. The van der Waals surface area contributed by atoms with Crippen molar-refractivity contribution < 1.29 is 0 Å². The van der Waals surface area contributed by atoms with Crippen LogP contribution in [0.25, 0.3) is 0 Å². The van der Waals surface area contributed by atoms with Gasteiger partial charge >= 0.3 is 0 Å². The maximum absolute atomic E-state index is 11.5. The van der Waals surface area contributed by atoms with E-state index >= 15 is 0 Å². The second-order valence-electron chi connectivity index (χ2n) is 4.12. The van der Waals surface area contributed by atoms with Crippen LogP contribution in [-0.2, 0) is 6.42 Å². The van der Waals surface area contributed by atoms with Crippen molar-refractivity contribution >= 4 is 5.82 Å². The summed E-state index contributed by atoms with van der Waals surface area (Å²) in [6.07, 6.45) is 3.09. The Morgan fingerprint density at radius 2 is 2.38 bits per heavy atom. The van der Waals surface area contributed by atoms with Crippen molar-refractivity contribution in [2.75, 3.05) is 18.0 Å². The largest absolute Gasteiger partial charge is 0.352 e. The lowest BCUT2D eigenvalue weighted by atomic mass is 10.4. The number of nitrogens with two attached hydrogens (primary N) is 1. The van der Waals surface area contributed by atoms with Crippen molar-refractivity contribution in [1.82, 2.24) is 9.97 Å². The van der Waals surface area contributed by atoms with Gasteiger partial charge in [-0.05, 0) is 12.8 Å². The maximum Gasteiger partial charge on any atom is 0.252 e. The molecule has 2 rings (SSSR count). The van der Waals surface area contributed by atoms with E-state index in [1.165, 1.54) is 12.8 Å². The molecule has 16 heavy (non-hydrogen) atoms. The van der Waals surface area contributed by atoms with Crippen LogP contribution >= 0.6 is 0 Å². The number of nitrogens with zero attached hydrogens (tertiary/aromatic N) is 2. The highest BCUT2D eigenvalue weighted by atomic mass is 16.1. The Kier molecular flexibility index (Phi) is 3.24. The summed E-state index contributed by atoms with van der Waals surface area (Å²) in [5, 5.41) is 0. The highest BCUT2D eigenvalue weighted by molar-refractivity contribution is 5.40. The number of H-pyrrole nitrogens is 1. The number of rotatable bonds is 5. The molecular weight excluding hydrogens is 204 g/mol. The fourth-order valence-corrected chi connectivity index (χ4v) is 1.82. The molecule has 1 fully saturated rings. The van der Waals surface area contributed by atoms with Gasteiger partial charge in [0.1, 0.15) is 11.6 Å². The molecule has 5 nitrogen and oxygen atoms in total. The van der Waals surface area contributed by atoms with Gasteiger partial charge in [-0.2, -0.15) is 0 Å². The van der Waals surface area contributed by atoms with E-state index < -0.39 is 0 Å². The van der Waals surface area contributed by atoms with Gasteiger partial charge in [0.05, 0.1) is 0 Å². The van der Waals surface area contributed by atoms with Crippen LogP contribution in [0.1, 0.15) is 25.6 Å². The molecule has 0 amide bonds. The van der Waals surface area contributed by atoms with Crippen LogP contribution in [0.5, 0.6) is 0 Å². The third kappa shape index (κ3) is 2.41. The standard InChI is InChI=1S/C11H18N4O/c1-2-9-13-10(7-11(16)14-9)15(6-5-12)8-3-4-8/h7-8H,2-6,12H2,1H3,(H,13,14,16). The van der Waals surface area contributed by atoms with Gasteiger partial charge < -0.3 is 15.6 Å². The van der Waals surface area contributed by atoms with Crippen molar-refractivity contribution in [2.24, 2.45) is 5.73 Å². The molecule has 0 atom stereocenters. The summed E-state index contributed by atoms with van der Waals surface area (Å²) in [5.41, 5.74) is 5.51. The molecule has 0 unspecified atom stereocenters. The average Bonchev–Trinajstić information content (AvgIpc) is 3.08. The second-order valence-corrected chi connectivity index (χ2v) is 4.12. The molecule has 88 valence electrons. The average molecular weight is 222 g/mol. The van der Waals surface area contributed by atoms with E-state index in [0.717, 1.165) is 24.6 Å². The van der Waals surface area contributed by atoms with E-state index in [0.29, 0.717) is 12.6 Å². The summed E-state index contributed by atoms with van der Waals surface area (Å²) in [6.45, 7) is 3.34. The highest BCUT2D eigenvalue weighted by Crippen LogP contribution is 2.29. The van der Waals surface area contributed by atoms with Gasteiger partial charge in [0, 0.05) is 31.6 Å². The topological polar surface area (TPSA) is 75.0 Å². The fraction of sp³-hybridized carbons (Fsp3) is 0.636. The van der Waals surface area contributed by atoms with E-state index in [2.05, 4.69) is 14.9 Å². The van der Waals surface area contributed by atoms with Crippen molar-refractivity contribution in [3.05, 3.63) is 22.2 Å². The van der Waals surface area contributed by atoms with E-state index in [4.69, 9.17) is 5.73 Å². The van der Waals surface area contributed by atoms with Gasteiger partial charge in [0.25, 0.3) is 5.56 Å². The summed E-state index contributed by atoms with van der Waals surface area (Å²) in [4.78, 5) is 20.8. The molecule has 1 heterocycles. The van der Waals surface area contributed by atoms with E-state index in [1.54, 1.807) is 6.07 Å². The Balaban J connectivity index is 2.28. The summed E-state index contributed by atoms with van der Waals surface area (Å²) >= 11 is 0. The number of hydrogen-bond donors (Lipinski definition) is 2. The number of nitrogens with one attached hydrogen (secondary N) is 1. The fourth-order valence-electron chi connectivity index (χ4n) is 1.82. The summed E-state index contributed by atoms with van der Waals surface area (Å²) in [7, 11) is 0. The molecule has 1 aromatic heterocycles. The number of aromatic amines is 1. The minimum absolute atomic E-state index is 0.0791. The quantitative estimate of drug-likeness (QED) is 0.749. The van der Waals surface area contributed by atoms with Crippen LogP contribution in [0, 0.1) is 0 Å². The number of hydrogen-bond acceptors (Lipinski definition) is 4.